The summed E-state index contributed by atoms with van der Waals surface area (Å²) in [5.41, 5.74) is 2.69. The fraction of sp³-hybridized carbons (Fsp3) is 0.200. The summed E-state index contributed by atoms with van der Waals surface area (Å²) >= 11 is 6.08. The summed E-state index contributed by atoms with van der Waals surface area (Å²) in [6.45, 7) is 3.59. The van der Waals surface area contributed by atoms with Crippen LogP contribution in [0, 0.1) is 13.8 Å². The molecule has 23 heavy (non-hydrogen) atoms. The van der Waals surface area contributed by atoms with E-state index >= 15 is 0 Å². The minimum Gasteiger partial charge on any atom is -0.302 e. The number of hydrogen-bond donors (Lipinski definition) is 4. The molecule has 0 bridgehead atoms. The number of aromatic nitrogens is 4. The average molecular weight is 355 g/mol. The van der Waals surface area contributed by atoms with Crippen molar-refractivity contribution in [3.05, 3.63) is 78.1 Å². The van der Waals surface area contributed by atoms with Gasteiger partial charge in [-0.25, -0.2) is 0 Å². The molecule has 2 aromatic heterocycles. The highest BCUT2D eigenvalue weighted by molar-refractivity contribution is 6.30. The van der Waals surface area contributed by atoms with Crippen molar-refractivity contribution >= 4 is 24.0 Å². The average Bonchev–Trinajstić information content (AvgIpc) is 2.97. The van der Waals surface area contributed by atoms with Crippen LogP contribution in [0.5, 0.6) is 0 Å². The van der Waals surface area contributed by atoms with E-state index in [0.717, 1.165) is 5.56 Å². The van der Waals surface area contributed by atoms with Gasteiger partial charge in [0.05, 0.1) is 11.1 Å². The molecule has 3 rings (SSSR count). The second kappa shape index (κ2) is 6.52. The van der Waals surface area contributed by atoms with Crippen LogP contribution in [0.15, 0.2) is 33.9 Å². The highest BCUT2D eigenvalue weighted by Crippen LogP contribution is 2.31. The van der Waals surface area contributed by atoms with Gasteiger partial charge >= 0.3 is 0 Å². The molecule has 0 aliphatic rings. The molecule has 0 unspecified atom stereocenters. The van der Waals surface area contributed by atoms with Gasteiger partial charge in [-0.2, -0.15) is 0 Å². The lowest BCUT2D eigenvalue weighted by atomic mass is 9.85. The largest absolute Gasteiger partial charge is 0.302 e. The minimum atomic E-state index is -0.497. The molecule has 0 saturated carbocycles. The lowest BCUT2D eigenvalue weighted by molar-refractivity contribution is 0.931. The number of hydrogen-bond acceptors (Lipinski definition) is 2. The van der Waals surface area contributed by atoms with Crippen molar-refractivity contribution in [1.29, 1.82) is 0 Å². The second-order valence-corrected chi connectivity index (χ2v) is 5.66. The molecule has 6 nitrogen and oxygen atoms in total. The molecule has 0 aliphatic carbocycles. The Kier molecular flexibility index (Phi) is 4.87. The molecule has 122 valence electrons. The summed E-state index contributed by atoms with van der Waals surface area (Å²) in [6.07, 6.45) is 0. The molecular formula is C15H16Cl2N4O2. The Balaban J connectivity index is 0.00000192. The zero-order valence-electron chi connectivity index (χ0n) is 12.5. The van der Waals surface area contributed by atoms with E-state index in [0.29, 0.717) is 27.5 Å². The summed E-state index contributed by atoms with van der Waals surface area (Å²) in [6, 6.07) is 7.18. The van der Waals surface area contributed by atoms with Crippen LogP contribution in [-0.2, 0) is 0 Å². The SMILES string of the molecule is Cc1[nH][nH]c(=O)c1C(c1cccc(Cl)c1)c1c(C)[nH][nH]c1=O.Cl. The zero-order chi connectivity index (χ0) is 15.9. The standard InChI is InChI=1S/C15H15ClN4O2.ClH/c1-7-11(14(21)19-17-7)13(9-4-3-5-10(16)6-9)12-8(2)18-20-15(12)22;/h3-6,13H,1-2H3,(H2,17,19,21)(H2,18,20,22);1H. The number of H-pyrrole nitrogens is 4. The minimum absolute atomic E-state index is 0. The predicted molar refractivity (Wildman–Crippen MR) is 91.9 cm³/mol. The van der Waals surface area contributed by atoms with Gasteiger partial charge in [-0.15, -0.1) is 12.4 Å². The number of nitrogens with one attached hydrogen (secondary N) is 4. The van der Waals surface area contributed by atoms with Crippen molar-refractivity contribution in [2.45, 2.75) is 19.8 Å². The van der Waals surface area contributed by atoms with E-state index in [-0.39, 0.29) is 23.5 Å². The van der Waals surface area contributed by atoms with Crippen LogP contribution >= 0.6 is 24.0 Å². The summed E-state index contributed by atoms with van der Waals surface area (Å²) < 4.78 is 0. The first-order valence-corrected chi connectivity index (χ1v) is 7.16. The number of rotatable bonds is 3. The fourth-order valence-electron chi connectivity index (χ4n) is 2.77. The third-order valence-corrected chi connectivity index (χ3v) is 4.02. The molecule has 0 radical (unpaired) electrons. The number of halogens is 2. The van der Waals surface area contributed by atoms with E-state index in [9.17, 15) is 9.59 Å². The van der Waals surface area contributed by atoms with E-state index < -0.39 is 5.92 Å². The highest BCUT2D eigenvalue weighted by atomic mass is 35.5. The summed E-state index contributed by atoms with van der Waals surface area (Å²) in [4.78, 5) is 24.4. The van der Waals surface area contributed by atoms with E-state index in [4.69, 9.17) is 11.6 Å². The van der Waals surface area contributed by atoms with Gasteiger partial charge in [0, 0.05) is 22.3 Å². The molecule has 0 saturated heterocycles. The van der Waals surface area contributed by atoms with Gasteiger partial charge in [0.15, 0.2) is 0 Å². The Hall–Kier alpha value is -2.18. The number of aromatic amines is 4. The molecule has 0 fully saturated rings. The van der Waals surface area contributed by atoms with Crippen molar-refractivity contribution in [3.8, 4) is 0 Å². The lowest BCUT2D eigenvalue weighted by Gasteiger charge is -2.16. The summed E-state index contributed by atoms with van der Waals surface area (Å²) in [5.74, 6) is -0.497. The van der Waals surface area contributed by atoms with Gasteiger partial charge in [-0.05, 0) is 31.5 Å². The smallest absolute Gasteiger partial charge is 0.268 e. The van der Waals surface area contributed by atoms with Crippen LogP contribution in [0.1, 0.15) is 34.0 Å². The second-order valence-electron chi connectivity index (χ2n) is 5.22. The van der Waals surface area contributed by atoms with Gasteiger partial charge in [-0.1, -0.05) is 23.7 Å². The van der Waals surface area contributed by atoms with Crippen LogP contribution in [0.25, 0.3) is 0 Å². The van der Waals surface area contributed by atoms with E-state index in [1.807, 2.05) is 6.07 Å². The zero-order valence-corrected chi connectivity index (χ0v) is 14.1. The van der Waals surface area contributed by atoms with Crippen LogP contribution < -0.4 is 11.1 Å². The third kappa shape index (κ3) is 3.00. The predicted octanol–water partition coefficient (Wildman–Crippen LogP) is 2.59. The van der Waals surface area contributed by atoms with Crippen LogP contribution in [0.4, 0.5) is 0 Å². The molecule has 0 amide bonds. The molecule has 3 aromatic rings. The van der Waals surface area contributed by atoms with Gasteiger partial charge in [0.25, 0.3) is 11.1 Å². The van der Waals surface area contributed by atoms with Crippen molar-refractivity contribution in [2.24, 2.45) is 0 Å². The Morgan fingerprint density at radius 3 is 1.83 bits per heavy atom. The Morgan fingerprint density at radius 2 is 1.43 bits per heavy atom. The maximum atomic E-state index is 12.2. The summed E-state index contributed by atoms with van der Waals surface area (Å²) in [5, 5.41) is 11.3. The molecule has 2 heterocycles. The molecule has 8 heteroatoms. The van der Waals surface area contributed by atoms with Gasteiger partial charge in [0.1, 0.15) is 0 Å². The topological polar surface area (TPSA) is 97.3 Å². The van der Waals surface area contributed by atoms with Crippen molar-refractivity contribution in [3.63, 3.8) is 0 Å². The van der Waals surface area contributed by atoms with Gasteiger partial charge in [0.2, 0.25) is 0 Å². The maximum absolute atomic E-state index is 12.2. The molecule has 4 N–H and O–H groups in total. The van der Waals surface area contributed by atoms with Crippen LogP contribution in [-0.4, -0.2) is 20.4 Å². The van der Waals surface area contributed by atoms with E-state index in [1.54, 1.807) is 32.0 Å². The van der Waals surface area contributed by atoms with Gasteiger partial charge in [-0.3, -0.25) is 19.8 Å². The quantitative estimate of drug-likeness (QED) is 0.581. The van der Waals surface area contributed by atoms with E-state index in [2.05, 4.69) is 20.4 Å². The Morgan fingerprint density at radius 1 is 0.913 bits per heavy atom. The van der Waals surface area contributed by atoms with Crippen LogP contribution in [0.2, 0.25) is 5.02 Å². The van der Waals surface area contributed by atoms with E-state index in [1.165, 1.54) is 0 Å². The lowest BCUT2D eigenvalue weighted by Crippen LogP contribution is -2.20. The monoisotopic (exact) mass is 354 g/mol. The normalized spacial score (nSPS) is 10.8. The molecular weight excluding hydrogens is 339 g/mol. The number of benzene rings is 1. The Bertz CT molecular complexity index is 881. The van der Waals surface area contributed by atoms with Gasteiger partial charge < -0.3 is 10.2 Å². The first kappa shape index (κ1) is 17.2. The molecule has 0 spiro atoms. The summed E-state index contributed by atoms with van der Waals surface area (Å²) in [7, 11) is 0. The van der Waals surface area contributed by atoms with Crippen LogP contribution in [0.3, 0.4) is 0 Å². The Labute approximate surface area is 142 Å². The van der Waals surface area contributed by atoms with Crippen molar-refractivity contribution in [1.82, 2.24) is 20.4 Å². The van der Waals surface area contributed by atoms with Crippen molar-refractivity contribution in [2.75, 3.05) is 0 Å². The molecule has 0 atom stereocenters. The first-order chi connectivity index (χ1) is 10.5. The first-order valence-electron chi connectivity index (χ1n) is 6.78. The fourth-order valence-corrected chi connectivity index (χ4v) is 2.97. The maximum Gasteiger partial charge on any atom is 0.268 e. The number of aryl methyl sites for hydroxylation is 2. The van der Waals surface area contributed by atoms with Crippen molar-refractivity contribution < 1.29 is 0 Å². The molecule has 0 aliphatic heterocycles. The highest BCUT2D eigenvalue weighted by Gasteiger charge is 2.27. The third-order valence-electron chi connectivity index (χ3n) is 3.78. The molecule has 1 aromatic carbocycles.